The summed E-state index contributed by atoms with van der Waals surface area (Å²) in [5.41, 5.74) is 0. The number of amides is 1. The number of esters is 1. The molecule has 462 valence electrons. The van der Waals surface area contributed by atoms with Gasteiger partial charge in [0.05, 0.1) is 25.4 Å². The van der Waals surface area contributed by atoms with Gasteiger partial charge in [0.1, 0.15) is 0 Å². The van der Waals surface area contributed by atoms with E-state index in [-0.39, 0.29) is 18.5 Å². The van der Waals surface area contributed by atoms with Gasteiger partial charge in [-0.2, -0.15) is 0 Å². The topological polar surface area (TPSA) is 95.9 Å². The van der Waals surface area contributed by atoms with Crippen molar-refractivity contribution in [3.05, 3.63) is 24.3 Å². The van der Waals surface area contributed by atoms with Crippen LogP contribution in [0.3, 0.4) is 0 Å². The van der Waals surface area contributed by atoms with Crippen molar-refractivity contribution < 1.29 is 24.5 Å². The van der Waals surface area contributed by atoms with Crippen molar-refractivity contribution >= 4 is 11.9 Å². The van der Waals surface area contributed by atoms with Gasteiger partial charge in [-0.05, 0) is 77.0 Å². The molecule has 0 aromatic rings. The zero-order valence-electron chi connectivity index (χ0n) is 52.9. The number of carbonyl (C=O) groups excluding carboxylic acids is 2. The molecule has 0 aromatic heterocycles. The molecule has 6 heteroatoms. The number of ether oxygens (including phenoxy) is 1. The fourth-order valence-corrected chi connectivity index (χ4v) is 11.3. The molecule has 0 radical (unpaired) electrons. The van der Waals surface area contributed by atoms with E-state index in [0.29, 0.717) is 25.9 Å². The summed E-state index contributed by atoms with van der Waals surface area (Å²) in [4.78, 5) is 24.6. The predicted molar refractivity (Wildman–Crippen MR) is 343 cm³/mol. The zero-order valence-corrected chi connectivity index (χ0v) is 52.9. The number of rotatable bonds is 67. The Kier molecular flexibility index (Phi) is 66.4. The van der Waals surface area contributed by atoms with Gasteiger partial charge in [0.25, 0.3) is 0 Å². The normalized spacial score (nSPS) is 12.6. The van der Waals surface area contributed by atoms with Gasteiger partial charge in [0.15, 0.2) is 0 Å². The van der Waals surface area contributed by atoms with Crippen LogP contribution in [0.2, 0.25) is 0 Å². The Hall–Kier alpha value is -1.66. The number of hydrogen-bond acceptors (Lipinski definition) is 5. The van der Waals surface area contributed by atoms with E-state index in [1.807, 2.05) is 0 Å². The minimum absolute atomic E-state index is 0.0184. The molecular formula is C72H139NO5. The maximum atomic E-state index is 12.4. The Bertz CT molecular complexity index is 1220. The Morgan fingerprint density at radius 1 is 0.346 bits per heavy atom. The van der Waals surface area contributed by atoms with Crippen molar-refractivity contribution in [2.45, 2.75) is 411 Å². The zero-order chi connectivity index (χ0) is 56.4. The molecule has 1 amide bonds. The summed E-state index contributed by atoms with van der Waals surface area (Å²) in [6.45, 7) is 4.96. The molecule has 2 unspecified atom stereocenters. The second-order valence-electron chi connectivity index (χ2n) is 24.6. The average molecular weight is 1100 g/mol. The molecule has 0 spiro atoms. The van der Waals surface area contributed by atoms with Gasteiger partial charge in [-0.15, -0.1) is 0 Å². The van der Waals surface area contributed by atoms with Gasteiger partial charge in [-0.1, -0.05) is 334 Å². The first-order valence-electron chi connectivity index (χ1n) is 35.6. The lowest BCUT2D eigenvalue weighted by Gasteiger charge is -2.22. The van der Waals surface area contributed by atoms with Crippen LogP contribution >= 0.6 is 0 Å². The Morgan fingerprint density at radius 2 is 0.603 bits per heavy atom. The lowest BCUT2D eigenvalue weighted by Crippen LogP contribution is -2.45. The van der Waals surface area contributed by atoms with Gasteiger partial charge in [-0.25, -0.2) is 0 Å². The molecule has 0 fully saturated rings. The number of unbranched alkanes of at least 4 members (excludes halogenated alkanes) is 52. The van der Waals surface area contributed by atoms with Crippen LogP contribution in [0, 0.1) is 0 Å². The van der Waals surface area contributed by atoms with Crippen LogP contribution in [0.1, 0.15) is 399 Å². The number of carbonyl (C=O) groups is 2. The second-order valence-corrected chi connectivity index (χ2v) is 24.6. The molecule has 0 saturated carbocycles. The molecular weight excluding hydrogens is 959 g/mol. The van der Waals surface area contributed by atoms with Crippen molar-refractivity contribution in [2.75, 3.05) is 13.2 Å². The van der Waals surface area contributed by atoms with Crippen LogP contribution < -0.4 is 5.32 Å². The Labute approximate surface area is 488 Å². The van der Waals surface area contributed by atoms with E-state index in [0.717, 1.165) is 38.5 Å². The Balaban J connectivity index is 3.31. The van der Waals surface area contributed by atoms with E-state index in [4.69, 9.17) is 4.74 Å². The fourth-order valence-electron chi connectivity index (χ4n) is 11.3. The average Bonchev–Trinajstić information content (AvgIpc) is 3.44. The molecule has 78 heavy (non-hydrogen) atoms. The summed E-state index contributed by atoms with van der Waals surface area (Å²) in [6, 6.07) is -0.537. The first-order valence-corrected chi connectivity index (χ1v) is 35.6. The highest BCUT2D eigenvalue weighted by Gasteiger charge is 2.20. The number of allylic oxidation sites excluding steroid dienone is 4. The third-order valence-electron chi connectivity index (χ3n) is 16.7. The van der Waals surface area contributed by atoms with Crippen LogP contribution in [-0.2, 0) is 14.3 Å². The summed E-state index contributed by atoms with van der Waals surface area (Å²) < 4.78 is 5.51. The van der Waals surface area contributed by atoms with Crippen LogP contribution in [-0.4, -0.2) is 47.4 Å². The highest BCUT2D eigenvalue weighted by molar-refractivity contribution is 5.76. The minimum Gasteiger partial charge on any atom is -0.466 e. The van der Waals surface area contributed by atoms with Crippen molar-refractivity contribution in [2.24, 2.45) is 0 Å². The molecule has 0 aliphatic rings. The third-order valence-corrected chi connectivity index (χ3v) is 16.7. The first-order chi connectivity index (χ1) is 38.5. The van der Waals surface area contributed by atoms with Crippen molar-refractivity contribution in [3.63, 3.8) is 0 Å². The smallest absolute Gasteiger partial charge is 0.305 e. The van der Waals surface area contributed by atoms with Crippen LogP contribution in [0.5, 0.6) is 0 Å². The quantitative estimate of drug-likeness (QED) is 0.0320. The van der Waals surface area contributed by atoms with Crippen molar-refractivity contribution in [1.29, 1.82) is 0 Å². The van der Waals surface area contributed by atoms with Crippen LogP contribution in [0.4, 0.5) is 0 Å². The number of nitrogens with one attached hydrogen (secondary N) is 1. The van der Waals surface area contributed by atoms with E-state index >= 15 is 0 Å². The van der Waals surface area contributed by atoms with Gasteiger partial charge in [0, 0.05) is 12.8 Å². The first kappa shape index (κ1) is 76.3. The number of aliphatic hydroxyl groups excluding tert-OH is 2. The predicted octanol–water partition coefficient (Wildman–Crippen LogP) is 22.9. The van der Waals surface area contributed by atoms with Crippen LogP contribution in [0.15, 0.2) is 24.3 Å². The molecule has 0 bridgehead atoms. The minimum atomic E-state index is -0.660. The molecule has 6 nitrogen and oxygen atoms in total. The monoisotopic (exact) mass is 1100 g/mol. The molecule has 3 N–H and O–H groups in total. The standard InChI is InChI=1S/C72H139NO5/c1-3-5-7-9-11-13-15-16-17-18-33-37-40-43-46-50-54-58-62-66-72(77)78-67-63-59-55-51-47-44-41-38-35-32-30-28-26-24-22-20-19-21-23-25-27-29-31-34-36-39-42-45-49-53-57-61-65-71(76)73-69(68-74)70(75)64-60-56-52-48-14-12-10-8-6-4-2/h16-17,22,24,69-70,74-75H,3-15,18-21,23,25-68H2,1-2H3,(H,73,76)/b17-16-,24-22-. The fraction of sp³-hybridized carbons (Fsp3) is 0.917. The second kappa shape index (κ2) is 67.8. The number of hydrogen-bond donors (Lipinski definition) is 3. The van der Waals surface area contributed by atoms with Gasteiger partial charge >= 0.3 is 5.97 Å². The highest BCUT2D eigenvalue weighted by atomic mass is 16.5. The van der Waals surface area contributed by atoms with E-state index in [9.17, 15) is 19.8 Å². The summed E-state index contributed by atoms with van der Waals surface area (Å²) in [5.74, 6) is -0.0138. The van der Waals surface area contributed by atoms with Crippen LogP contribution in [0.25, 0.3) is 0 Å². The SMILES string of the molecule is CCCCCCCC/C=C\CCCCCCCCCCCC(=O)OCCCCCCCCCCCCCC/C=C\CCCCCCCCCCCCCCCCCCC(=O)NC(CO)C(O)CCCCCCCCCCCC. The summed E-state index contributed by atoms with van der Waals surface area (Å²) >= 11 is 0. The van der Waals surface area contributed by atoms with Gasteiger partial charge < -0.3 is 20.3 Å². The summed E-state index contributed by atoms with van der Waals surface area (Å²) in [5, 5.41) is 23.2. The third kappa shape index (κ3) is 63.5. The van der Waals surface area contributed by atoms with E-state index < -0.39 is 12.1 Å². The molecule has 0 saturated heterocycles. The lowest BCUT2D eigenvalue weighted by atomic mass is 10.0. The highest BCUT2D eigenvalue weighted by Crippen LogP contribution is 2.19. The van der Waals surface area contributed by atoms with Crippen molar-refractivity contribution in [3.8, 4) is 0 Å². The lowest BCUT2D eigenvalue weighted by molar-refractivity contribution is -0.143. The summed E-state index contributed by atoms with van der Waals surface area (Å²) in [6.07, 6.45) is 85.3. The molecule has 0 aliphatic heterocycles. The van der Waals surface area contributed by atoms with E-state index in [2.05, 4.69) is 43.5 Å². The van der Waals surface area contributed by atoms with Crippen molar-refractivity contribution in [1.82, 2.24) is 5.32 Å². The Morgan fingerprint density at radius 3 is 0.910 bits per heavy atom. The molecule has 0 aliphatic carbocycles. The largest absolute Gasteiger partial charge is 0.466 e. The molecule has 0 heterocycles. The van der Waals surface area contributed by atoms with E-state index in [1.165, 1.54) is 327 Å². The van der Waals surface area contributed by atoms with E-state index in [1.54, 1.807) is 0 Å². The maximum Gasteiger partial charge on any atom is 0.305 e. The van der Waals surface area contributed by atoms with Gasteiger partial charge in [0.2, 0.25) is 5.91 Å². The number of aliphatic hydroxyl groups is 2. The molecule has 0 aromatic carbocycles. The van der Waals surface area contributed by atoms with Gasteiger partial charge in [-0.3, -0.25) is 9.59 Å². The molecule has 0 rings (SSSR count). The summed E-state index contributed by atoms with van der Waals surface area (Å²) in [7, 11) is 0. The molecule has 2 atom stereocenters. The maximum absolute atomic E-state index is 12.4.